The van der Waals surface area contributed by atoms with E-state index >= 15 is 0 Å². The molecule has 26 heavy (non-hydrogen) atoms. The topological polar surface area (TPSA) is 61.4 Å². The summed E-state index contributed by atoms with van der Waals surface area (Å²) in [5.74, 6) is 0.0633. The third-order valence-electron chi connectivity index (χ3n) is 5.47. The summed E-state index contributed by atoms with van der Waals surface area (Å²) in [6, 6.07) is 7.86. The molecule has 5 nitrogen and oxygen atoms in total. The molecule has 0 radical (unpaired) electrons. The second kappa shape index (κ2) is 9.26. The summed E-state index contributed by atoms with van der Waals surface area (Å²) in [5.41, 5.74) is 1.03. The fraction of sp³-hybridized carbons (Fsp3) is 0.600. The molecular formula is C20H28ClN3O2. The van der Waals surface area contributed by atoms with Gasteiger partial charge in [0.1, 0.15) is 0 Å². The number of nitrogens with zero attached hydrogens (tertiary/aromatic N) is 1. The zero-order valence-corrected chi connectivity index (χ0v) is 15.9. The van der Waals surface area contributed by atoms with Crippen LogP contribution >= 0.6 is 11.6 Å². The number of carbonyl (C=O) groups excluding carboxylic acids is 2. The maximum Gasteiger partial charge on any atom is 0.317 e. The summed E-state index contributed by atoms with van der Waals surface area (Å²) in [5, 5.41) is 6.85. The van der Waals surface area contributed by atoms with Crippen LogP contribution < -0.4 is 10.6 Å². The zero-order chi connectivity index (χ0) is 18.4. The standard InChI is InChI=1S/C20H28ClN3O2/c21-17-8-6-15(7-9-17)14-22-19(25)16-10-12-24(13-11-16)20(26)23-18-4-2-1-3-5-18/h6-9,16,18H,1-5,10-14H2,(H,22,25)(H,23,26). The number of halogens is 1. The van der Waals surface area contributed by atoms with Crippen molar-refractivity contribution in [3.63, 3.8) is 0 Å². The van der Waals surface area contributed by atoms with Gasteiger partial charge in [-0.1, -0.05) is 43.0 Å². The van der Waals surface area contributed by atoms with Gasteiger partial charge in [0.15, 0.2) is 0 Å². The van der Waals surface area contributed by atoms with Crippen LogP contribution in [-0.4, -0.2) is 36.0 Å². The maximum absolute atomic E-state index is 12.4. The monoisotopic (exact) mass is 377 g/mol. The summed E-state index contributed by atoms with van der Waals surface area (Å²) < 4.78 is 0. The average Bonchev–Trinajstić information content (AvgIpc) is 2.68. The quantitative estimate of drug-likeness (QED) is 0.840. The number of carbonyl (C=O) groups is 2. The summed E-state index contributed by atoms with van der Waals surface area (Å²) in [6.45, 7) is 1.81. The largest absolute Gasteiger partial charge is 0.352 e. The van der Waals surface area contributed by atoms with Crippen molar-refractivity contribution in [3.8, 4) is 0 Å². The van der Waals surface area contributed by atoms with Gasteiger partial charge in [-0.15, -0.1) is 0 Å². The number of benzene rings is 1. The number of nitrogens with one attached hydrogen (secondary N) is 2. The predicted molar refractivity (Wildman–Crippen MR) is 103 cm³/mol. The van der Waals surface area contributed by atoms with Gasteiger partial charge < -0.3 is 15.5 Å². The summed E-state index contributed by atoms with van der Waals surface area (Å²) in [7, 11) is 0. The normalized spacial score (nSPS) is 19.2. The number of amides is 3. The molecule has 1 aromatic carbocycles. The molecule has 0 unspecified atom stereocenters. The minimum absolute atomic E-state index is 0.0129. The number of likely N-dealkylation sites (tertiary alicyclic amines) is 1. The van der Waals surface area contributed by atoms with Crippen molar-refractivity contribution in [1.82, 2.24) is 15.5 Å². The molecule has 2 fully saturated rings. The van der Waals surface area contributed by atoms with Gasteiger partial charge in [-0.2, -0.15) is 0 Å². The lowest BCUT2D eigenvalue weighted by molar-refractivity contribution is -0.126. The molecule has 0 atom stereocenters. The highest BCUT2D eigenvalue weighted by atomic mass is 35.5. The molecule has 1 saturated heterocycles. The number of rotatable bonds is 4. The van der Waals surface area contributed by atoms with Gasteiger partial charge in [0.2, 0.25) is 5.91 Å². The van der Waals surface area contributed by atoms with Crippen LogP contribution in [0.25, 0.3) is 0 Å². The van der Waals surface area contributed by atoms with E-state index in [4.69, 9.17) is 11.6 Å². The van der Waals surface area contributed by atoms with Gasteiger partial charge in [-0.3, -0.25) is 4.79 Å². The van der Waals surface area contributed by atoms with Crippen molar-refractivity contribution in [2.45, 2.75) is 57.5 Å². The Morgan fingerprint density at radius 1 is 1.00 bits per heavy atom. The minimum atomic E-state index is -0.0129. The lowest BCUT2D eigenvalue weighted by Gasteiger charge is -2.33. The Bertz CT molecular complexity index is 606. The van der Waals surface area contributed by atoms with Gasteiger partial charge in [0, 0.05) is 36.6 Å². The second-order valence-electron chi connectivity index (χ2n) is 7.39. The second-order valence-corrected chi connectivity index (χ2v) is 7.83. The van der Waals surface area contributed by atoms with E-state index in [1.54, 1.807) is 0 Å². The fourth-order valence-electron chi connectivity index (χ4n) is 3.79. The molecule has 1 heterocycles. The molecule has 1 aliphatic heterocycles. The summed E-state index contributed by atoms with van der Waals surface area (Å²) in [6.07, 6.45) is 7.34. The van der Waals surface area contributed by atoms with Crippen molar-refractivity contribution in [2.75, 3.05) is 13.1 Å². The van der Waals surface area contributed by atoms with Crippen molar-refractivity contribution in [3.05, 3.63) is 34.9 Å². The van der Waals surface area contributed by atoms with E-state index in [1.165, 1.54) is 19.3 Å². The van der Waals surface area contributed by atoms with Gasteiger partial charge in [-0.05, 0) is 43.4 Å². The zero-order valence-electron chi connectivity index (χ0n) is 15.2. The molecule has 2 aliphatic rings. The third kappa shape index (κ3) is 5.37. The van der Waals surface area contributed by atoms with Crippen LogP contribution in [0.1, 0.15) is 50.5 Å². The predicted octanol–water partition coefficient (Wildman–Crippen LogP) is 3.71. The molecule has 2 N–H and O–H groups in total. The van der Waals surface area contributed by atoms with E-state index in [9.17, 15) is 9.59 Å². The first-order chi connectivity index (χ1) is 12.6. The fourth-order valence-corrected chi connectivity index (χ4v) is 3.92. The molecule has 6 heteroatoms. The Kier molecular flexibility index (Phi) is 6.78. The Hall–Kier alpha value is -1.75. The average molecular weight is 378 g/mol. The van der Waals surface area contributed by atoms with E-state index in [0.29, 0.717) is 30.7 Å². The van der Waals surface area contributed by atoms with E-state index in [0.717, 1.165) is 31.2 Å². The third-order valence-corrected chi connectivity index (χ3v) is 5.72. The van der Waals surface area contributed by atoms with Gasteiger partial charge in [-0.25, -0.2) is 4.79 Å². The Balaban J connectivity index is 1.39. The van der Waals surface area contributed by atoms with Crippen molar-refractivity contribution < 1.29 is 9.59 Å². The smallest absolute Gasteiger partial charge is 0.317 e. The van der Waals surface area contributed by atoms with Crippen LogP contribution in [-0.2, 0) is 11.3 Å². The molecule has 0 aromatic heterocycles. The van der Waals surface area contributed by atoms with Crippen LogP contribution in [0.3, 0.4) is 0 Å². The maximum atomic E-state index is 12.4. The van der Waals surface area contributed by atoms with Crippen LogP contribution in [0.5, 0.6) is 0 Å². The van der Waals surface area contributed by atoms with E-state index < -0.39 is 0 Å². The Morgan fingerprint density at radius 3 is 2.31 bits per heavy atom. The molecule has 1 aliphatic carbocycles. The molecule has 0 bridgehead atoms. The summed E-state index contributed by atoms with van der Waals surface area (Å²) in [4.78, 5) is 26.6. The number of hydrogen-bond acceptors (Lipinski definition) is 2. The van der Waals surface area contributed by atoms with E-state index in [2.05, 4.69) is 10.6 Å². The number of piperidine rings is 1. The van der Waals surface area contributed by atoms with Gasteiger partial charge in [0.25, 0.3) is 0 Å². The lowest BCUT2D eigenvalue weighted by atomic mass is 9.95. The molecule has 142 valence electrons. The first kappa shape index (κ1) is 19.0. The molecule has 3 rings (SSSR count). The van der Waals surface area contributed by atoms with Gasteiger partial charge in [0.05, 0.1) is 0 Å². The molecule has 3 amide bonds. The van der Waals surface area contributed by atoms with Gasteiger partial charge >= 0.3 is 6.03 Å². The SMILES string of the molecule is O=C(NCc1ccc(Cl)cc1)C1CCN(C(=O)NC2CCCCC2)CC1. The lowest BCUT2D eigenvalue weighted by Crippen LogP contribution is -2.49. The van der Waals surface area contributed by atoms with Crippen molar-refractivity contribution in [2.24, 2.45) is 5.92 Å². The molecule has 1 saturated carbocycles. The highest BCUT2D eigenvalue weighted by Crippen LogP contribution is 2.20. The van der Waals surface area contributed by atoms with Crippen molar-refractivity contribution in [1.29, 1.82) is 0 Å². The number of urea groups is 1. The van der Waals surface area contributed by atoms with Crippen LogP contribution in [0.2, 0.25) is 5.02 Å². The Labute approximate surface area is 160 Å². The van der Waals surface area contributed by atoms with E-state index in [-0.39, 0.29) is 17.9 Å². The highest BCUT2D eigenvalue weighted by Gasteiger charge is 2.28. The van der Waals surface area contributed by atoms with Crippen LogP contribution in [0, 0.1) is 5.92 Å². The van der Waals surface area contributed by atoms with Crippen molar-refractivity contribution >= 4 is 23.5 Å². The summed E-state index contributed by atoms with van der Waals surface area (Å²) >= 11 is 5.87. The molecule has 0 spiro atoms. The van der Waals surface area contributed by atoms with E-state index in [1.807, 2.05) is 29.2 Å². The van der Waals surface area contributed by atoms with Crippen LogP contribution in [0.15, 0.2) is 24.3 Å². The first-order valence-corrected chi connectivity index (χ1v) is 10.1. The highest BCUT2D eigenvalue weighted by molar-refractivity contribution is 6.30. The Morgan fingerprint density at radius 2 is 1.65 bits per heavy atom. The number of hydrogen-bond donors (Lipinski definition) is 2. The van der Waals surface area contributed by atoms with Crippen LogP contribution in [0.4, 0.5) is 4.79 Å². The molecular weight excluding hydrogens is 350 g/mol. The minimum Gasteiger partial charge on any atom is -0.352 e. The first-order valence-electron chi connectivity index (χ1n) is 9.69. The molecule has 1 aromatic rings.